The Morgan fingerprint density at radius 3 is 0.788 bits per heavy atom. The van der Waals surface area contributed by atoms with Gasteiger partial charge in [-0.15, -0.1) is 0 Å². The van der Waals surface area contributed by atoms with Crippen LogP contribution in [0.25, 0.3) is 0 Å². The molecule has 1 aliphatic rings. The second-order valence-electron chi connectivity index (χ2n) is 7.13. The predicted molar refractivity (Wildman–Crippen MR) is 125 cm³/mol. The van der Waals surface area contributed by atoms with Gasteiger partial charge in [-0.05, 0) is 36.4 Å². The summed E-state index contributed by atoms with van der Waals surface area (Å²) in [4.78, 5) is 43.2. The van der Waals surface area contributed by atoms with Crippen LogP contribution in [0.4, 0.5) is 0 Å². The zero-order valence-electron chi connectivity index (χ0n) is 17.7. The molecule has 0 fully saturated rings. The topological polar surface area (TPSA) is 60.9 Å². The fraction of sp³-hybridized carbons (Fsp3) is 0. The van der Waals surface area contributed by atoms with Crippen molar-refractivity contribution in [2.75, 3.05) is 0 Å². The van der Waals surface area contributed by atoms with E-state index in [1.807, 2.05) is 18.2 Å². The molecule has 162 valence electrons. The van der Waals surface area contributed by atoms with Gasteiger partial charge in [-0.3, -0.25) is 29.1 Å². The summed E-state index contributed by atoms with van der Waals surface area (Å²) >= 11 is 0. The van der Waals surface area contributed by atoms with Crippen molar-refractivity contribution < 1.29 is 14.4 Å². The van der Waals surface area contributed by atoms with Gasteiger partial charge in [-0.2, -0.15) is 0 Å². The molecular weight excluding hydrogens is 414 g/mol. The van der Waals surface area contributed by atoms with E-state index in [9.17, 15) is 14.4 Å². The van der Waals surface area contributed by atoms with Crippen LogP contribution in [-0.2, 0) is 0 Å². The molecule has 0 N–H and O–H groups in total. The fourth-order valence-electron chi connectivity index (χ4n) is 3.18. The first-order chi connectivity index (χ1) is 16.1. The highest BCUT2D eigenvalue weighted by molar-refractivity contribution is 5.98. The first kappa shape index (κ1) is 21.5. The van der Waals surface area contributed by atoms with Gasteiger partial charge in [0.05, 0.1) is 0 Å². The van der Waals surface area contributed by atoms with Gasteiger partial charge < -0.3 is 0 Å². The number of amides is 3. The summed E-state index contributed by atoms with van der Waals surface area (Å²) in [5.74, 6) is -0.905. The Labute approximate surface area is 192 Å². The van der Waals surface area contributed by atoms with E-state index in [0.717, 1.165) is 0 Å². The molecule has 0 radical (unpaired) electrons. The summed E-state index contributed by atoms with van der Waals surface area (Å²) in [5.41, 5.74) is 1.42. The third kappa shape index (κ3) is 5.14. The average molecular weight is 435 g/mol. The van der Waals surface area contributed by atoms with E-state index in [2.05, 4.69) is 0 Å². The average Bonchev–Trinajstić information content (AvgIpc) is 3.00. The lowest BCUT2D eigenvalue weighted by Crippen LogP contribution is -2.23. The molecule has 1 heterocycles. The highest BCUT2D eigenvalue weighted by Crippen LogP contribution is 2.14. The van der Waals surface area contributed by atoms with Crippen molar-refractivity contribution >= 4 is 17.7 Å². The number of benzene rings is 3. The fourth-order valence-corrected chi connectivity index (χ4v) is 3.18. The Bertz CT molecular complexity index is 1050. The molecule has 4 rings (SSSR count). The molecule has 0 aliphatic carbocycles. The van der Waals surface area contributed by atoms with Crippen molar-refractivity contribution in [3.05, 3.63) is 145 Å². The SMILES string of the molecule is O=C(c1ccccc1)N1/C=C\N(C(=O)c2ccccc2)/C=C\N(C(=O)c2ccccc2)/C=C\1. The van der Waals surface area contributed by atoms with Crippen molar-refractivity contribution in [1.29, 1.82) is 0 Å². The van der Waals surface area contributed by atoms with E-state index >= 15 is 0 Å². The first-order valence-corrected chi connectivity index (χ1v) is 10.3. The maximum atomic E-state index is 13.1. The number of carbonyl (C=O) groups is 3. The first-order valence-electron chi connectivity index (χ1n) is 10.3. The number of carbonyl (C=O) groups excluding carboxylic acids is 3. The molecule has 3 aromatic rings. The summed E-state index contributed by atoms with van der Waals surface area (Å²) < 4.78 is 0. The highest BCUT2D eigenvalue weighted by Gasteiger charge is 2.18. The molecule has 0 aromatic heterocycles. The Morgan fingerprint density at radius 2 is 0.576 bits per heavy atom. The molecule has 0 unspecified atom stereocenters. The lowest BCUT2D eigenvalue weighted by Gasteiger charge is -2.16. The number of nitrogens with zero attached hydrogens (tertiary/aromatic N) is 3. The van der Waals surface area contributed by atoms with E-state index in [-0.39, 0.29) is 17.7 Å². The predicted octanol–water partition coefficient (Wildman–Crippen LogP) is 4.84. The lowest BCUT2D eigenvalue weighted by atomic mass is 10.2. The van der Waals surface area contributed by atoms with E-state index < -0.39 is 0 Å². The Morgan fingerprint density at radius 1 is 0.364 bits per heavy atom. The Hall–Kier alpha value is -4.71. The molecule has 0 saturated carbocycles. The minimum atomic E-state index is -0.302. The quantitative estimate of drug-likeness (QED) is 0.591. The molecular formula is C27H21N3O3. The van der Waals surface area contributed by atoms with Gasteiger partial charge in [0.15, 0.2) is 0 Å². The second-order valence-corrected chi connectivity index (χ2v) is 7.13. The van der Waals surface area contributed by atoms with Gasteiger partial charge in [-0.1, -0.05) is 54.6 Å². The van der Waals surface area contributed by atoms with Gasteiger partial charge in [0.25, 0.3) is 17.7 Å². The van der Waals surface area contributed by atoms with Crippen LogP contribution in [0, 0.1) is 0 Å². The van der Waals surface area contributed by atoms with E-state index in [1.165, 1.54) is 51.9 Å². The molecule has 6 heteroatoms. The van der Waals surface area contributed by atoms with E-state index in [4.69, 9.17) is 0 Å². The van der Waals surface area contributed by atoms with Crippen LogP contribution in [-0.4, -0.2) is 32.4 Å². The third-order valence-electron chi connectivity index (χ3n) is 4.93. The molecule has 0 spiro atoms. The number of hydrogen-bond acceptors (Lipinski definition) is 3. The monoisotopic (exact) mass is 435 g/mol. The zero-order valence-corrected chi connectivity index (χ0v) is 17.7. The van der Waals surface area contributed by atoms with E-state index in [1.54, 1.807) is 72.8 Å². The minimum absolute atomic E-state index is 0.302. The van der Waals surface area contributed by atoms with E-state index in [0.29, 0.717) is 16.7 Å². The van der Waals surface area contributed by atoms with Crippen molar-refractivity contribution in [3.8, 4) is 0 Å². The van der Waals surface area contributed by atoms with Crippen molar-refractivity contribution in [1.82, 2.24) is 14.7 Å². The van der Waals surface area contributed by atoms with Crippen LogP contribution in [0.2, 0.25) is 0 Å². The van der Waals surface area contributed by atoms with Gasteiger partial charge >= 0.3 is 0 Å². The van der Waals surface area contributed by atoms with Gasteiger partial charge in [0, 0.05) is 53.9 Å². The third-order valence-corrected chi connectivity index (χ3v) is 4.93. The molecule has 33 heavy (non-hydrogen) atoms. The minimum Gasteiger partial charge on any atom is -0.288 e. The summed E-state index contributed by atoms with van der Waals surface area (Å²) in [6.45, 7) is 0. The normalized spacial score (nSPS) is 16.2. The summed E-state index contributed by atoms with van der Waals surface area (Å²) in [6.07, 6.45) is 8.96. The van der Waals surface area contributed by atoms with Crippen LogP contribution in [0.5, 0.6) is 0 Å². The van der Waals surface area contributed by atoms with Crippen molar-refractivity contribution in [2.24, 2.45) is 0 Å². The van der Waals surface area contributed by atoms with Crippen LogP contribution in [0.15, 0.2) is 128 Å². The lowest BCUT2D eigenvalue weighted by molar-refractivity contribution is 0.0845. The van der Waals surface area contributed by atoms with Crippen LogP contribution in [0.1, 0.15) is 31.1 Å². The number of hydrogen-bond donors (Lipinski definition) is 0. The molecule has 0 bridgehead atoms. The standard InChI is InChI=1S/C27H21N3O3/c31-25(22-10-4-1-5-11-22)28-16-18-29(26(32)23-12-6-2-7-13-23)20-21-30(19-17-28)27(33)24-14-8-3-9-15-24/h1-21H/b18-16-,19-17-,21-20-. The van der Waals surface area contributed by atoms with Crippen molar-refractivity contribution in [3.63, 3.8) is 0 Å². The largest absolute Gasteiger partial charge is 0.288 e. The summed E-state index contributed by atoms with van der Waals surface area (Å²) in [5, 5.41) is 0. The maximum absolute atomic E-state index is 13.1. The second kappa shape index (κ2) is 10.1. The highest BCUT2D eigenvalue weighted by atomic mass is 16.2. The Balaban J connectivity index is 1.71. The molecule has 1 aliphatic heterocycles. The van der Waals surface area contributed by atoms with Gasteiger partial charge in [0.2, 0.25) is 0 Å². The number of rotatable bonds is 3. The van der Waals surface area contributed by atoms with Crippen LogP contribution >= 0.6 is 0 Å². The van der Waals surface area contributed by atoms with Gasteiger partial charge in [0.1, 0.15) is 0 Å². The molecule has 0 saturated heterocycles. The maximum Gasteiger partial charge on any atom is 0.261 e. The summed E-state index contributed by atoms with van der Waals surface area (Å²) in [7, 11) is 0. The van der Waals surface area contributed by atoms with Crippen molar-refractivity contribution in [2.45, 2.75) is 0 Å². The molecule has 0 atom stereocenters. The molecule has 3 aromatic carbocycles. The molecule has 3 amide bonds. The van der Waals surface area contributed by atoms with Crippen LogP contribution < -0.4 is 0 Å². The smallest absolute Gasteiger partial charge is 0.261 e. The van der Waals surface area contributed by atoms with Crippen LogP contribution in [0.3, 0.4) is 0 Å². The zero-order chi connectivity index (χ0) is 23.0. The Kier molecular flexibility index (Phi) is 6.56. The van der Waals surface area contributed by atoms with Gasteiger partial charge in [-0.25, -0.2) is 0 Å². The summed E-state index contributed by atoms with van der Waals surface area (Å²) in [6, 6.07) is 26.3. The molecule has 6 nitrogen and oxygen atoms in total.